The Morgan fingerprint density at radius 1 is 1.50 bits per heavy atom. The molecule has 0 aliphatic heterocycles. The summed E-state index contributed by atoms with van der Waals surface area (Å²) in [6.45, 7) is 0.801. The smallest absolute Gasteiger partial charge is 0.0997 e. The first-order chi connectivity index (χ1) is 4.74. The maximum atomic E-state index is 5.77. The van der Waals surface area contributed by atoms with E-state index in [9.17, 15) is 0 Å². The normalized spacial score (nSPS) is 9.90. The van der Waals surface area contributed by atoms with E-state index >= 15 is 0 Å². The van der Waals surface area contributed by atoms with Crippen molar-refractivity contribution < 1.29 is 5.73 Å². The lowest BCUT2D eigenvalue weighted by Gasteiger charge is -1.96. The van der Waals surface area contributed by atoms with Crippen molar-refractivity contribution in [1.82, 2.24) is 0 Å². The van der Waals surface area contributed by atoms with Gasteiger partial charge in [-0.2, -0.15) is 0 Å². The van der Waals surface area contributed by atoms with E-state index in [1.54, 1.807) is 0 Å². The molecule has 0 fully saturated rings. The second-order valence-corrected chi connectivity index (χ2v) is 3.26. The number of quaternary nitrogens is 1. The van der Waals surface area contributed by atoms with Crippen LogP contribution in [-0.2, 0) is 6.54 Å². The van der Waals surface area contributed by atoms with Gasteiger partial charge in [0.15, 0.2) is 0 Å². The highest BCUT2D eigenvalue weighted by atomic mass is 79.9. The Bertz CT molecular complexity index is 237. The van der Waals surface area contributed by atoms with Gasteiger partial charge in [0.25, 0.3) is 0 Å². The van der Waals surface area contributed by atoms with Crippen molar-refractivity contribution in [2.24, 2.45) is 0 Å². The molecule has 0 saturated heterocycles. The summed E-state index contributed by atoms with van der Waals surface area (Å²) in [6, 6.07) is 5.82. The van der Waals surface area contributed by atoms with Crippen LogP contribution in [0.2, 0.25) is 5.02 Å². The zero-order valence-electron chi connectivity index (χ0n) is 5.40. The van der Waals surface area contributed by atoms with E-state index in [0.717, 1.165) is 16.0 Å². The van der Waals surface area contributed by atoms with E-state index < -0.39 is 0 Å². The number of hydrogen-bond acceptors (Lipinski definition) is 0. The topological polar surface area (TPSA) is 27.6 Å². The molecule has 1 rings (SSSR count). The summed E-state index contributed by atoms with van der Waals surface area (Å²) in [5, 5.41) is 0.747. The fraction of sp³-hybridized carbons (Fsp3) is 0.143. The second kappa shape index (κ2) is 3.37. The molecule has 10 heavy (non-hydrogen) atoms. The Morgan fingerprint density at radius 3 is 2.70 bits per heavy atom. The molecule has 1 nitrogen and oxygen atoms in total. The van der Waals surface area contributed by atoms with Gasteiger partial charge in [0.05, 0.1) is 11.6 Å². The molecule has 0 spiro atoms. The Kier molecular flexibility index (Phi) is 2.72. The van der Waals surface area contributed by atoms with Crippen LogP contribution in [0.3, 0.4) is 0 Å². The van der Waals surface area contributed by atoms with Crippen LogP contribution in [0.15, 0.2) is 22.7 Å². The summed E-state index contributed by atoms with van der Waals surface area (Å²) >= 11 is 9.10. The molecule has 0 aliphatic carbocycles. The Morgan fingerprint density at radius 2 is 2.20 bits per heavy atom. The van der Waals surface area contributed by atoms with Crippen LogP contribution in [0.25, 0.3) is 0 Å². The predicted octanol–water partition coefficient (Wildman–Crippen LogP) is 1.84. The fourth-order valence-corrected chi connectivity index (χ4v) is 1.24. The molecular weight excluding hydrogens is 213 g/mol. The van der Waals surface area contributed by atoms with E-state index in [-0.39, 0.29) is 0 Å². The van der Waals surface area contributed by atoms with Crippen LogP contribution >= 0.6 is 27.5 Å². The third-order valence-corrected chi connectivity index (χ3v) is 2.49. The van der Waals surface area contributed by atoms with Crippen molar-refractivity contribution in [3.8, 4) is 0 Å². The van der Waals surface area contributed by atoms with Gasteiger partial charge in [-0.05, 0) is 28.1 Å². The van der Waals surface area contributed by atoms with E-state index in [0.29, 0.717) is 0 Å². The van der Waals surface area contributed by atoms with E-state index in [2.05, 4.69) is 21.7 Å². The molecule has 0 heterocycles. The lowest BCUT2D eigenvalue weighted by Crippen LogP contribution is -2.47. The Balaban J connectivity index is 3.04. The highest BCUT2D eigenvalue weighted by Gasteiger charge is 1.97. The lowest BCUT2D eigenvalue weighted by atomic mass is 10.2. The van der Waals surface area contributed by atoms with Gasteiger partial charge in [0, 0.05) is 10.0 Å². The van der Waals surface area contributed by atoms with Crippen LogP contribution in [0.4, 0.5) is 0 Å². The SMILES string of the molecule is [NH3+]Cc1ccc(Cl)c(Br)c1. The summed E-state index contributed by atoms with van der Waals surface area (Å²) in [4.78, 5) is 0. The van der Waals surface area contributed by atoms with Gasteiger partial charge >= 0.3 is 0 Å². The average molecular weight is 222 g/mol. The highest BCUT2D eigenvalue weighted by molar-refractivity contribution is 9.10. The molecule has 0 amide bonds. The van der Waals surface area contributed by atoms with Gasteiger partial charge in [-0.15, -0.1) is 0 Å². The first-order valence-electron chi connectivity index (χ1n) is 2.97. The largest absolute Gasteiger partial charge is 0.354 e. The van der Waals surface area contributed by atoms with E-state index in [1.165, 1.54) is 5.56 Å². The minimum absolute atomic E-state index is 0.747. The van der Waals surface area contributed by atoms with Crippen LogP contribution in [-0.4, -0.2) is 0 Å². The Labute approximate surface area is 73.3 Å². The van der Waals surface area contributed by atoms with Crippen molar-refractivity contribution in [3.63, 3.8) is 0 Å². The standard InChI is InChI=1S/C7H7BrClN/c8-6-3-5(4-10)1-2-7(6)9/h1-3H,4,10H2/p+1. The quantitative estimate of drug-likeness (QED) is 0.750. The first kappa shape index (κ1) is 8.05. The van der Waals surface area contributed by atoms with Gasteiger partial charge < -0.3 is 5.73 Å². The van der Waals surface area contributed by atoms with Crippen LogP contribution < -0.4 is 5.73 Å². The molecular formula is C7H8BrClN+. The van der Waals surface area contributed by atoms with Crippen molar-refractivity contribution in [2.75, 3.05) is 0 Å². The van der Waals surface area contributed by atoms with Gasteiger partial charge in [-0.25, -0.2) is 0 Å². The molecule has 3 heteroatoms. The first-order valence-corrected chi connectivity index (χ1v) is 4.14. The van der Waals surface area contributed by atoms with Crippen molar-refractivity contribution in [3.05, 3.63) is 33.3 Å². The molecule has 54 valence electrons. The molecule has 0 bridgehead atoms. The van der Waals surface area contributed by atoms with Crippen molar-refractivity contribution in [1.29, 1.82) is 0 Å². The van der Waals surface area contributed by atoms with E-state index in [4.69, 9.17) is 11.6 Å². The molecule has 1 aromatic rings. The third-order valence-electron chi connectivity index (χ3n) is 1.27. The molecule has 0 saturated carbocycles. The maximum Gasteiger partial charge on any atom is 0.0997 e. The summed E-state index contributed by atoms with van der Waals surface area (Å²) in [6.07, 6.45) is 0. The summed E-state index contributed by atoms with van der Waals surface area (Å²) in [5.74, 6) is 0. The number of halogens is 2. The van der Waals surface area contributed by atoms with Gasteiger partial charge in [0.1, 0.15) is 0 Å². The predicted molar refractivity (Wildman–Crippen MR) is 45.7 cm³/mol. The van der Waals surface area contributed by atoms with Crippen molar-refractivity contribution >= 4 is 27.5 Å². The van der Waals surface area contributed by atoms with Crippen LogP contribution in [0.1, 0.15) is 5.56 Å². The molecule has 0 aromatic heterocycles. The van der Waals surface area contributed by atoms with Crippen LogP contribution in [0.5, 0.6) is 0 Å². The minimum Gasteiger partial charge on any atom is -0.354 e. The summed E-state index contributed by atoms with van der Waals surface area (Å²) in [5.41, 5.74) is 4.95. The summed E-state index contributed by atoms with van der Waals surface area (Å²) < 4.78 is 0.940. The number of benzene rings is 1. The number of hydrogen-bond donors (Lipinski definition) is 1. The summed E-state index contributed by atoms with van der Waals surface area (Å²) in [7, 11) is 0. The molecule has 0 unspecified atom stereocenters. The number of rotatable bonds is 1. The molecule has 0 aliphatic rings. The van der Waals surface area contributed by atoms with E-state index in [1.807, 2.05) is 18.2 Å². The molecule has 0 atom stereocenters. The van der Waals surface area contributed by atoms with Crippen LogP contribution in [0, 0.1) is 0 Å². The Hall–Kier alpha value is -0.0500. The average Bonchev–Trinajstić information content (AvgIpc) is 1.95. The zero-order chi connectivity index (χ0) is 7.56. The van der Waals surface area contributed by atoms with Gasteiger partial charge in [-0.3, -0.25) is 0 Å². The molecule has 0 radical (unpaired) electrons. The molecule has 3 N–H and O–H groups in total. The minimum atomic E-state index is 0.747. The van der Waals surface area contributed by atoms with Gasteiger partial charge in [-0.1, -0.05) is 17.7 Å². The van der Waals surface area contributed by atoms with Gasteiger partial charge in [0.2, 0.25) is 0 Å². The molecule has 1 aromatic carbocycles. The zero-order valence-corrected chi connectivity index (χ0v) is 7.74. The monoisotopic (exact) mass is 220 g/mol. The second-order valence-electron chi connectivity index (χ2n) is 2.00. The highest BCUT2D eigenvalue weighted by Crippen LogP contribution is 2.22. The maximum absolute atomic E-state index is 5.77. The fourth-order valence-electron chi connectivity index (χ4n) is 0.695. The van der Waals surface area contributed by atoms with Crippen molar-refractivity contribution in [2.45, 2.75) is 6.54 Å². The third kappa shape index (κ3) is 1.72. The lowest BCUT2D eigenvalue weighted by molar-refractivity contribution is -0.386.